The number of hydrogen-bond donors (Lipinski definition) is 0. The molecule has 2 aromatic carbocycles. The highest BCUT2D eigenvalue weighted by Crippen LogP contribution is 2.23. The predicted octanol–water partition coefficient (Wildman–Crippen LogP) is 4.53. The molecule has 0 atom stereocenters. The van der Waals surface area contributed by atoms with E-state index < -0.39 is 10.9 Å². The minimum atomic E-state index is -0.471. The summed E-state index contributed by atoms with van der Waals surface area (Å²) in [6.07, 6.45) is 6.19. The minimum Gasteiger partial charge on any atom is -0.423 e. The molecule has 2 heterocycles. The number of fused-ring (bicyclic) bond motifs is 1. The summed E-state index contributed by atoms with van der Waals surface area (Å²) in [5, 5.41) is 10.9. The lowest BCUT2D eigenvalue weighted by molar-refractivity contribution is -0.385. The van der Waals surface area contributed by atoms with Crippen molar-refractivity contribution in [2.75, 3.05) is 0 Å². The Balaban J connectivity index is 1.47. The van der Waals surface area contributed by atoms with Crippen molar-refractivity contribution in [1.29, 1.82) is 0 Å². The molecular weight excluding hydrogens is 370 g/mol. The van der Waals surface area contributed by atoms with Crippen molar-refractivity contribution in [3.63, 3.8) is 0 Å². The standard InChI is InChI=1S/C22H15N3O4/c26-22(13-6-16-4-2-1-3-5-16)29-19-10-7-17(8-11-19)20-15-24-14-18(25(27)28)9-12-21(24)23-20/h1-15H/b13-6+. The van der Waals surface area contributed by atoms with Gasteiger partial charge >= 0.3 is 5.97 Å². The monoisotopic (exact) mass is 385 g/mol. The van der Waals surface area contributed by atoms with E-state index in [0.717, 1.165) is 11.1 Å². The zero-order valence-electron chi connectivity index (χ0n) is 15.1. The van der Waals surface area contributed by atoms with Gasteiger partial charge in [-0.2, -0.15) is 0 Å². The molecule has 0 aliphatic rings. The van der Waals surface area contributed by atoms with Crippen LogP contribution in [0.1, 0.15) is 5.56 Å². The van der Waals surface area contributed by atoms with Crippen molar-refractivity contribution in [2.45, 2.75) is 0 Å². The summed E-state index contributed by atoms with van der Waals surface area (Å²) in [6, 6.07) is 19.4. The van der Waals surface area contributed by atoms with Gasteiger partial charge in [0.1, 0.15) is 11.4 Å². The summed E-state index contributed by atoms with van der Waals surface area (Å²) >= 11 is 0. The summed E-state index contributed by atoms with van der Waals surface area (Å²) in [7, 11) is 0. The highest BCUT2D eigenvalue weighted by atomic mass is 16.6. The number of aromatic nitrogens is 2. The number of ether oxygens (including phenoxy) is 1. The van der Waals surface area contributed by atoms with Gasteiger partial charge in [0.05, 0.1) is 16.8 Å². The van der Waals surface area contributed by atoms with Crippen LogP contribution in [0.15, 0.2) is 85.2 Å². The maximum Gasteiger partial charge on any atom is 0.336 e. The Bertz CT molecular complexity index is 1210. The van der Waals surface area contributed by atoms with Gasteiger partial charge in [-0.25, -0.2) is 9.78 Å². The molecule has 0 amide bonds. The third-order valence-electron chi connectivity index (χ3n) is 4.23. The summed E-state index contributed by atoms with van der Waals surface area (Å²) in [4.78, 5) is 26.9. The normalized spacial score (nSPS) is 11.0. The number of imidazole rings is 1. The van der Waals surface area contributed by atoms with Gasteiger partial charge in [-0.05, 0) is 42.0 Å². The van der Waals surface area contributed by atoms with Crippen LogP contribution in [0.2, 0.25) is 0 Å². The molecular formula is C22H15N3O4. The number of benzene rings is 2. The molecule has 29 heavy (non-hydrogen) atoms. The average molecular weight is 385 g/mol. The van der Waals surface area contributed by atoms with Gasteiger partial charge in [0.2, 0.25) is 0 Å². The van der Waals surface area contributed by atoms with Gasteiger partial charge in [0.25, 0.3) is 5.69 Å². The fraction of sp³-hybridized carbons (Fsp3) is 0. The van der Waals surface area contributed by atoms with E-state index in [4.69, 9.17) is 4.74 Å². The second kappa shape index (κ2) is 7.77. The van der Waals surface area contributed by atoms with Gasteiger partial charge in [0.15, 0.2) is 0 Å². The Hall–Kier alpha value is -4.26. The van der Waals surface area contributed by atoms with Crippen LogP contribution in [0, 0.1) is 10.1 Å². The SMILES string of the molecule is O=C(/C=C/c1ccccc1)Oc1ccc(-c2cn3cc([N+](=O)[O-])ccc3n2)cc1. The van der Waals surface area contributed by atoms with E-state index in [1.807, 2.05) is 30.3 Å². The second-order valence-corrected chi connectivity index (χ2v) is 6.23. The first-order valence-electron chi connectivity index (χ1n) is 8.77. The first-order chi connectivity index (χ1) is 14.1. The van der Waals surface area contributed by atoms with Gasteiger partial charge in [-0.3, -0.25) is 14.5 Å². The Morgan fingerprint density at radius 1 is 1.00 bits per heavy atom. The Morgan fingerprint density at radius 2 is 1.76 bits per heavy atom. The third kappa shape index (κ3) is 4.19. The molecule has 0 saturated carbocycles. The van der Waals surface area contributed by atoms with Gasteiger partial charge < -0.3 is 4.74 Å². The molecule has 0 spiro atoms. The number of hydrogen-bond acceptors (Lipinski definition) is 5. The fourth-order valence-corrected chi connectivity index (χ4v) is 2.80. The van der Waals surface area contributed by atoms with Crippen LogP contribution in [0.3, 0.4) is 0 Å². The lowest BCUT2D eigenvalue weighted by Gasteiger charge is -2.02. The largest absolute Gasteiger partial charge is 0.423 e. The lowest BCUT2D eigenvalue weighted by atomic mass is 10.1. The average Bonchev–Trinajstić information content (AvgIpc) is 3.17. The minimum absolute atomic E-state index is 0.00716. The number of esters is 1. The van der Waals surface area contributed by atoms with E-state index in [0.29, 0.717) is 17.1 Å². The summed E-state index contributed by atoms with van der Waals surface area (Å²) in [5.74, 6) is -0.0579. The molecule has 4 rings (SSSR count). The number of nitrogens with zero attached hydrogens (tertiary/aromatic N) is 3. The van der Waals surface area contributed by atoms with Crippen molar-refractivity contribution in [1.82, 2.24) is 9.38 Å². The molecule has 0 bridgehead atoms. The lowest BCUT2D eigenvalue weighted by Crippen LogP contribution is -2.03. The zero-order valence-corrected chi connectivity index (χ0v) is 15.1. The smallest absolute Gasteiger partial charge is 0.336 e. The first-order valence-corrected chi connectivity index (χ1v) is 8.77. The molecule has 0 N–H and O–H groups in total. The summed E-state index contributed by atoms with van der Waals surface area (Å²) in [5.41, 5.74) is 2.97. The number of carbonyl (C=O) groups is 1. The van der Waals surface area contributed by atoms with Crippen molar-refractivity contribution in [3.05, 3.63) is 101 Å². The highest BCUT2D eigenvalue weighted by molar-refractivity contribution is 5.88. The Kier molecular flexibility index (Phi) is 4.86. The molecule has 2 aromatic heterocycles. The van der Waals surface area contributed by atoms with Gasteiger partial charge in [0, 0.05) is 23.9 Å². The van der Waals surface area contributed by atoms with Crippen molar-refractivity contribution < 1.29 is 14.5 Å². The highest BCUT2D eigenvalue weighted by Gasteiger charge is 2.10. The van der Waals surface area contributed by atoms with Crippen LogP contribution in [0.25, 0.3) is 23.0 Å². The Labute approximate surface area is 165 Å². The van der Waals surface area contributed by atoms with Crippen LogP contribution >= 0.6 is 0 Å². The topological polar surface area (TPSA) is 86.7 Å². The second-order valence-electron chi connectivity index (χ2n) is 6.23. The maximum absolute atomic E-state index is 12.0. The van der Waals surface area contributed by atoms with E-state index in [1.54, 1.807) is 47.0 Å². The number of carbonyl (C=O) groups excluding carboxylic acids is 1. The molecule has 0 radical (unpaired) electrons. The van der Waals surface area contributed by atoms with Crippen LogP contribution in [-0.4, -0.2) is 20.3 Å². The quantitative estimate of drug-likeness (QED) is 0.166. The van der Waals surface area contributed by atoms with E-state index in [2.05, 4.69) is 4.98 Å². The van der Waals surface area contributed by atoms with E-state index in [1.165, 1.54) is 18.3 Å². The predicted molar refractivity (Wildman–Crippen MR) is 108 cm³/mol. The van der Waals surface area contributed by atoms with Crippen LogP contribution < -0.4 is 4.74 Å². The third-order valence-corrected chi connectivity index (χ3v) is 4.23. The molecule has 4 aromatic rings. The van der Waals surface area contributed by atoms with Gasteiger partial charge in [-0.1, -0.05) is 30.3 Å². The maximum atomic E-state index is 12.0. The molecule has 0 aliphatic heterocycles. The van der Waals surface area contributed by atoms with Gasteiger partial charge in [-0.15, -0.1) is 0 Å². The molecule has 142 valence electrons. The fourth-order valence-electron chi connectivity index (χ4n) is 2.80. The molecule has 7 nitrogen and oxygen atoms in total. The van der Waals surface area contributed by atoms with E-state index in [9.17, 15) is 14.9 Å². The number of nitro groups is 1. The number of rotatable bonds is 5. The zero-order chi connectivity index (χ0) is 20.2. The molecule has 0 unspecified atom stereocenters. The van der Waals surface area contributed by atoms with Crippen LogP contribution in [0.5, 0.6) is 5.75 Å². The molecule has 7 heteroatoms. The number of pyridine rings is 1. The van der Waals surface area contributed by atoms with Crippen molar-refractivity contribution >= 4 is 23.4 Å². The summed E-state index contributed by atoms with van der Waals surface area (Å²) in [6.45, 7) is 0. The van der Waals surface area contributed by atoms with E-state index >= 15 is 0 Å². The Morgan fingerprint density at radius 3 is 2.48 bits per heavy atom. The molecule has 0 aliphatic carbocycles. The van der Waals surface area contributed by atoms with Crippen LogP contribution in [-0.2, 0) is 4.79 Å². The van der Waals surface area contributed by atoms with Crippen molar-refractivity contribution in [2.24, 2.45) is 0 Å². The van der Waals surface area contributed by atoms with Crippen LogP contribution in [0.4, 0.5) is 5.69 Å². The molecule has 0 fully saturated rings. The van der Waals surface area contributed by atoms with Crippen molar-refractivity contribution in [3.8, 4) is 17.0 Å². The molecule has 0 saturated heterocycles. The van der Waals surface area contributed by atoms with E-state index in [-0.39, 0.29) is 5.69 Å². The summed E-state index contributed by atoms with van der Waals surface area (Å²) < 4.78 is 6.91. The first kappa shape index (κ1) is 18.1.